The van der Waals surface area contributed by atoms with Crippen molar-refractivity contribution in [3.63, 3.8) is 0 Å². The summed E-state index contributed by atoms with van der Waals surface area (Å²) in [5, 5.41) is 21.3. The van der Waals surface area contributed by atoms with Gasteiger partial charge in [-0.3, -0.25) is 14.5 Å². The fourth-order valence-corrected chi connectivity index (χ4v) is 6.71. The standard InChI is InChI=1S/C26H43N5O7S/c1-26(2,3)38-25(37)31-14-8-10-18(31)22(33)28-16(23(34)35)9-6-7-13-27-20(32)12-5-4-11-19-21-17(15-39-19)29-24(36)30-21/h16-19,21H,4-15H2,1-3H3,(H,27,32)(H,28,33)(H,34,35)(H2,29,30,36). The van der Waals surface area contributed by atoms with Crippen LogP contribution in [0.2, 0.25) is 0 Å². The second kappa shape index (κ2) is 14.1. The fourth-order valence-electron chi connectivity index (χ4n) is 5.17. The lowest BCUT2D eigenvalue weighted by molar-refractivity contribution is -0.142. The van der Waals surface area contributed by atoms with Crippen LogP contribution in [0.4, 0.5) is 9.59 Å². The maximum absolute atomic E-state index is 12.8. The predicted octanol–water partition coefficient (Wildman–Crippen LogP) is 1.97. The van der Waals surface area contributed by atoms with E-state index in [2.05, 4.69) is 21.3 Å². The van der Waals surface area contributed by atoms with Crippen LogP contribution in [0.25, 0.3) is 0 Å². The number of carbonyl (C=O) groups excluding carboxylic acids is 4. The lowest BCUT2D eigenvalue weighted by atomic mass is 10.0. The topological polar surface area (TPSA) is 166 Å². The molecule has 0 aliphatic carbocycles. The summed E-state index contributed by atoms with van der Waals surface area (Å²) in [7, 11) is 0. The third-order valence-electron chi connectivity index (χ3n) is 7.12. The van der Waals surface area contributed by atoms with Gasteiger partial charge in [0.2, 0.25) is 11.8 Å². The SMILES string of the molecule is CC(C)(C)OC(=O)N1CCCC1C(=O)NC(CCCCNC(=O)CCCCC1SCC2NC(=O)NC21)C(=O)O. The Bertz CT molecular complexity index is 912. The zero-order valence-electron chi connectivity index (χ0n) is 23.1. The number of hydrogen-bond acceptors (Lipinski definition) is 7. The summed E-state index contributed by atoms with van der Waals surface area (Å²) in [5.74, 6) is -0.730. The van der Waals surface area contributed by atoms with Gasteiger partial charge in [-0.05, 0) is 65.7 Å². The van der Waals surface area contributed by atoms with Crippen molar-refractivity contribution in [1.82, 2.24) is 26.2 Å². The molecule has 0 saturated carbocycles. The van der Waals surface area contributed by atoms with Crippen molar-refractivity contribution in [2.75, 3.05) is 18.8 Å². The Morgan fingerprint density at radius 2 is 1.92 bits per heavy atom. The summed E-state index contributed by atoms with van der Waals surface area (Å²) in [4.78, 5) is 61.9. The van der Waals surface area contributed by atoms with E-state index in [9.17, 15) is 29.1 Å². The van der Waals surface area contributed by atoms with Gasteiger partial charge in [-0.2, -0.15) is 11.8 Å². The van der Waals surface area contributed by atoms with Crippen LogP contribution >= 0.6 is 11.8 Å². The molecule has 0 spiro atoms. The first-order chi connectivity index (χ1) is 18.4. The summed E-state index contributed by atoms with van der Waals surface area (Å²) in [5.41, 5.74) is -0.689. The van der Waals surface area contributed by atoms with Crippen LogP contribution in [0, 0.1) is 0 Å². The number of aliphatic carboxylic acids is 1. The minimum Gasteiger partial charge on any atom is -0.480 e. The zero-order chi connectivity index (χ0) is 28.6. The molecule has 3 aliphatic heterocycles. The van der Waals surface area contributed by atoms with E-state index in [1.165, 1.54) is 4.90 Å². The number of nitrogens with one attached hydrogen (secondary N) is 4. The smallest absolute Gasteiger partial charge is 0.410 e. The number of likely N-dealkylation sites (tertiary alicyclic amines) is 1. The van der Waals surface area contributed by atoms with E-state index in [0.29, 0.717) is 50.4 Å². The number of rotatable bonds is 13. The number of hydrogen-bond donors (Lipinski definition) is 5. The Balaban J connectivity index is 1.28. The first-order valence-electron chi connectivity index (χ1n) is 13.9. The molecule has 5 amide bonds. The zero-order valence-corrected chi connectivity index (χ0v) is 23.9. The van der Waals surface area contributed by atoms with E-state index >= 15 is 0 Å². The predicted molar refractivity (Wildman–Crippen MR) is 146 cm³/mol. The van der Waals surface area contributed by atoms with Crippen molar-refractivity contribution >= 4 is 41.7 Å². The second-order valence-electron chi connectivity index (χ2n) is 11.4. The molecule has 0 radical (unpaired) electrons. The largest absolute Gasteiger partial charge is 0.480 e. The van der Waals surface area contributed by atoms with E-state index in [4.69, 9.17) is 4.74 Å². The van der Waals surface area contributed by atoms with Crippen molar-refractivity contribution < 1.29 is 33.8 Å². The van der Waals surface area contributed by atoms with E-state index in [1.54, 1.807) is 20.8 Å². The number of carboxylic acid groups (broad SMARTS) is 1. The molecule has 0 aromatic carbocycles. The van der Waals surface area contributed by atoms with E-state index in [0.717, 1.165) is 25.0 Å². The molecule has 220 valence electrons. The average molecular weight is 570 g/mol. The molecule has 3 heterocycles. The number of carbonyl (C=O) groups is 5. The van der Waals surface area contributed by atoms with E-state index < -0.39 is 35.7 Å². The minimum absolute atomic E-state index is 0.0330. The molecule has 3 rings (SSSR count). The molecule has 3 saturated heterocycles. The molecule has 0 bridgehead atoms. The Hall–Kier alpha value is -2.70. The van der Waals surface area contributed by atoms with Crippen molar-refractivity contribution in [1.29, 1.82) is 0 Å². The molecule has 5 atom stereocenters. The van der Waals surface area contributed by atoms with Gasteiger partial charge in [0.25, 0.3) is 0 Å². The first-order valence-corrected chi connectivity index (χ1v) is 15.0. The number of ether oxygens (including phenoxy) is 1. The minimum atomic E-state index is -1.13. The number of unbranched alkanes of at least 4 members (excludes halogenated alkanes) is 2. The number of thioether (sulfide) groups is 1. The van der Waals surface area contributed by atoms with Gasteiger partial charge in [0.05, 0.1) is 12.1 Å². The number of urea groups is 1. The molecular formula is C26H43N5O7S. The maximum Gasteiger partial charge on any atom is 0.410 e. The molecule has 0 aromatic heterocycles. The van der Waals surface area contributed by atoms with Crippen LogP contribution < -0.4 is 21.3 Å². The summed E-state index contributed by atoms with van der Waals surface area (Å²) < 4.78 is 5.38. The van der Waals surface area contributed by atoms with Crippen molar-refractivity contribution in [3.8, 4) is 0 Å². The molecule has 3 aliphatic rings. The van der Waals surface area contributed by atoms with Crippen LogP contribution in [0.15, 0.2) is 0 Å². The highest BCUT2D eigenvalue weighted by molar-refractivity contribution is 8.00. The van der Waals surface area contributed by atoms with Crippen LogP contribution in [0.1, 0.15) is 78.6 Å². The van der Waals surface area contributed by atoms with Gasteiger partial charge in [-0.25, -0.2) is 14.4 Å². The van der Waals surface area contributed by atoms with Crippen molar-refractivity contribution in [2.24, 2.45) is 0 Å². The Morgan fingerprint density at radius 3 is 2.64 bits per heavy atom. The Kier molecular flexibility index (Phi) is 11.1. The Morgan fingerprint density at radius 1 is 1.15 bits per heavy atom. The quantitative estimate of drug-likeness (QED) is 0.166. The second-order valence-corrected chi connectivity index (χ2v) is 12.7. The van der Waals surface area contributed by atoms with E-state index in [-0.39, 0.29) is 30.4 Å². The summed E-state index contributed by atoms with van der Waals surface area (Å²) >= 11 is 1.86. The summed E-state index contributed by atoms with van der Waals surface area (Å²) in [6.07, 6.45) is 4.93. The molecule has 5 unspecified atom stereocenters. The maximum atomic E-state index is 12.8. The number of fused-ring (bicyclic) bond motifs is 1. The third-order valence-corrected chi connectivity index (χ3v) is 8.63. The average Bonchev–Trinajstić information content (AvgIpc) is 3.56. The highest BCUT2D eigenvalue weighted by Gasteiger charge is 2.42. The lowest BCUT2D eigenvalue weighted by Crippen LogP contribution is -2.51. The molecule has 13 heteroatoms. The molecule has 5 N–H and O–H groups in total. The molecule has 39 heavy (non-hydrogen) atoms. The van der Waals surface area contributed by atoms with Crippen molar-refractivity contribution in [3.05, 3.63) is 0 Å². The van der Waals surface area contributed by atoms with Gasteiger partial charge < -0.3 is 31.1 Å². The normalized spacial score (nSPS) is 24.9. The van der Waals surface area contributed by atoms with Crippen LogP contribution in [0.3, 0.4) is 0 Å². The first kappa shape index (κ1) is 30.8. The van der Waals surface area contributed by atoms with Gasteiger partial charge >= 0.3 is 18.1 Å². The highest BCUT2D eigenvalue weighted by Crippen LogP contribution is 2.33. The summed E-state index contributed by atoms with van der Waals surface area (Å²) in [6, 6.07) is -1.52. The van der Waals surface area contributed by atoms with Crippen LogP contribution in [-0.2, 0) is 19.1 Å². The van der Waals surface area contributed by atoms with Gasteiger partial charge in [-0.15, -0.1) is 0 Å². The number of nitrogens with zero attached hydrogens (tertiary/aromatic N) is 1. The summed E-state index contributed by atoms with van der Waals surface area (Å²) in [6.45, 7) is 6.08. The van der Waals surface area contributed by atoms with Gasteiger partial charge in [-0.1, -0.05) is 6.42 Å². The van der Waals surface area contributed by atoms with Gasteiger partial charge in [0.1, 0.15) is 17.7 Å². The molecule has 0 aromatic rings. The third kappa shape index (κ3) is 9.47. The van der Waals surface area contributed by atoms with Crippen molar-refractivity contribution in [2.45, 2.75) is 114 Å². The van der Waals surface area contributed by atoms with Crippen LogP contribution in [0.5, 0.6) is 0 Å². The highest BCUT2D eigenvalue weighted by atomic mass is 32.2. The molecule has 3 fully saturated rings. The Labute approximate surface area is 234 Å². The number of carboxylic acids is 1. The molecule has 12 nitrogen and oxygen atoms in total. The monoisotopic (exact) mass is 569 g/mol. The van der Waals surface area contributed by atoms with E-state index in [1.807, 2.05) is 11.8 Å². The van der Waals surface area contributed by atoms with Gasteiger partial charge in [0, 0.05) is 30.5 Å². The van der Waals surface area contributed by atoms with Gasteiger partial charge in [0.15, 0.2) is 0 Å². The lowest BCUT2D eigenvalue weighted by Gasteiger charge is -2.28. The fraction of sp³-hybridized carbons (Fsp3) is 0.808. The molecular weight excluding hydrogens is 526 g/mol. The number of amides is 5. The van der Waals surface area contributed by atoms with Crippen LogP contribution in [-0.4, -0.2) is 93.8 Å².